The summed E-state index contributed by atoms with van der Waals surface area (Å²) in [5.41, 5.74) is 7.02. The van der Waals surface area contributed by atoms with Gasteiger partial charge in [-0.1, -0.05) is 106 Å². The number of fused-ring (bicyclic) bond motifs is 1. The molecular formula is C53H59NO8. The smallest absolute Gasteiger partial charge is 0.314 e. The molecule has 0 amide bonds. The molecule has 0 radical (unpaired) electrons. The Morgan fingerprint density at radius 3 is 1.42 bits per heavy atom. The zero-order valence-corrected chi connectivity index (χ0v) is 36.2. The molecule has 0 aliphatic heterocycles. The average Bonchev–Trinajstić information content (AvgIpc) is 3.30. The summed E-state index contributed by atoms with van der Waals surface area (Å²) in [6.45, 7) is 4.32. The quantitative estimate of drug-likeness (QED) is 0.0666. The van der Waals surface area contributed by atoms with Gasteiger partial charge in [0.15, 0.2) is 5.75 Å². The van der Waals surface area contributed by atoms with Crippen molar-refractivity contribution in [1.82, 2.24) is 4.98 Å². The molecular weight excluding hydrogens is 779 g/mol. The van der Waals surface area contributed by atoms with Crippen molar-refractivity contribution in [2.75, 3.05) is 0 Å². The Labute approximate surface area is 365 Å². The van der Waals surface area contributed by atoms with Gasteiger partial charge in [-0.2, -0.15) is 0 Å². The second kappa shape index (κ2) is 21.8. The van der Waals surface area contributed by atoms with Crippen molar-refractivity contribution in [2.24, 2.45) is 11.8 Å². The number of nitrogens with zero attached hydrogens (tertiary/aromatic N) is 1. The van der Waals surface area contributed by atoms with E-state index in [1.807, 2.05) is 36.4 Å². The van der Waals surface area contributed by atoms with E-state index < -0.39 is 0 Å². The molecule has 0 bridgehead atoms. The summed E-state index contributed by atoms with van der Waals surface area (Å²) < 4.78 is 23.7. The number of hydrogen-bond acceptors (Lipinski definition) is 9. The summed E-state index contributed by atoms with van der Waals surface area (Å²) in [4.78, 5) is 57.4. The molecule has 2 aliphatic rings. The molecule has 1 heterocycles. The molecule has 2 fully saturated rings. The average molecular weight is 838 g/mol. The zero-order valence-electron chi connectivity index (χ0n) is 36.2. The molecule has 7 rings (SSSR count). The fourth-order valence-corrected chi connectivity index (χ4v) is 8.65. The fourth-order valence-electron chi connectivity index (χ4n) is 8.65. The summed E-state index contributed by atoms with van der Waals surface area (Å²) in [6.07, 6.45) is 12.0. The lowest BCUT2D eigenvalue weighted by Crippen LogP contribution is -2.30. The minimum atomic E-state index is -0.361. The van der Waals surface area contributed by atoms with Crippen molar-refractivity contribution in [1.29, 1.82) is 0 Å². The number of esters is 4. The van der Waals surface area contributed by atoms with Gasteiger partial charge in [0.2, 0.25) is 0 Å². The molecule has 2 aliphatic carbocycles. The van der Waals surface area contributed by atoms with Crippen molar-refractivity contribution in [3.05, 3.63) is 126 Å². The first-order valence-corrected chi connectivity index (χ1v) is 22.7. The van der Waals surface area contributed by atoms with Crippen LogP contribution in [0.3, 0.4) is 0 Å². The second-order valence-electron chi connectivity index (χ2n) is 17.0. The molecule has 2 saturated carbocycles. The monoisotopic (exact) mass is 837 g/mol. The number of carbonyl (C=O) groups excluding carboxylic acids is 4. The Morgan fingerprint density at radius 1 is 0.516 bits per heavy atom. The number of ether oxygens (including phenoxy) is 4. The lowest BCUT2D eigenvalue weighted by Gasteiger charge is -2.27. The second-order valence-corrected chi connectivity index (χ2v) is 17.0. The Morgan fingerprint density at radius 2 is 0.952 bits per heavy atom. The number of rotatable bonds is 17. The number of benzene rings is 4. The van der Waals surface area contributed by atoms with Crippen LogP contribution in [0.25, 0.3) is 22.0 Å². The van der Waals surface area contributed by atoms with E-state index in [2.05, 4.69) is 62.4 Å². The van der Waals surface area contributed by atoms with Crippen molar-refractivity contribution in [3.63, 3.8) is 0 Å². The summed E-state index contributed by atoms with van der Waals surface area (Å²) in [5.74, 6) is -1.21. The largest absolute Gasteiger partial charge is 0.462 e. The van der Waals surface area contributed by atoms with E-state index in [0.717, 1.165) is 47.9 Å². The molecule has 0 unspecified atom stereocenters. The Hall–Kier alpha value is -5.83. The van der Waals surface area contributed by atoms with E-state index in [9.17, 15) is 19.2 Å². The van der Waals surface area contributed by atoms with E-state index in [0.29, 0.717) is 93.7 Å². The Bertz CT molecular complexity index is 2270. The number of hydrogen-bond donors (Lipinski definition) is 0. The highest BCUT2D eigenvalue weighted by Crippen LogP contribution is 2.37. The van der Waals surface area contributed by atoms with Crippen LogP contribution in [0.2, 0.25) is 0 Å². The van der Waals surface area contributed by atoms with Crippen LogP contribution in [-0.4, -0.2) is 41.1 Å². The maximum absolute atomic E-state index is 13.6. The van der Waals surface area contributed by atoms with Crippen LogP contribution in [0.5, 0.6) is 11.5 Å². The van der Waals surface area contributed by atoms with Crippen molar-refractivity contribution >= 4 is 34.8 Å². The van der Waals surface area contributed by atoms with Gasteiger partial charge in [0, 0.05) is 30.0 Å². The van der Waals surface area contributed by atoms with Crippen LogP contribution in [0, 0.1) is 11.8 Å². The van der Waals surface area contributed by atoms with Gasteiger partial charge in [0.25, 0.3) is 0 Å². The molecule has 62 heavy (non-hydrogen) atoms. The number of carbonyl (C=O) groups is 4. The van der Waals surface area contributed by atoms with E-state index in [-0.39, 0.29) is 53.7 Å². The van der Waals surface area contributed by atoms with Gasteiger partial charge < -0.3 is 18.9 Å². The van der Waals surface area contributed by atoms with Gasteiger partial charge in [-0.3, -0.25) is 24.2 Å². The number of aromatic nitrogens is 1. The molecule has 4 aromatic carbocycles. The molecule has 0 N–H and O–H groups in total. The van der Waals surface area contributed by atoms with Crippen molar-refractivity contribution in [2.45, 2.75) is 129 Å². The summed E-state index contributed by atoms with van der Waals surface area (Å²) >= 11 is 0. The van der Waals surface area contributed by atoms with Crippen LogP contribution >= 0.6 is 0 Å². The molecule has 1 aromatic heterocycles. The summed E-state index contributed by atoms with van der Waals surface area (Å²) in [6, 6.07) is 31.9. The molecule has 5 aromatic rings. The van der Waals surface area contributed by atoms with Gasteiger partial charge in [-0.15, -0.1) is 0 Å². The Balaban J connectivity index is 0.924. The molecule has 9 nitrogen and oxygen atoms in total. The first-order valence-electron chi connectivity index (χ1n) is 22.7. The van der Waals surface area contributed by atoms with Crippen molar-refractivity contribution in [3.8, 4) is 22.6 Å². The minimum absolute atomic E-state index is 0.216. The van der Waals surface area contributed by atoms with Crippen LogP contribution in [0.4, 0.5) is 0 Å². The highest BCUT2D eigenvalue weighted by molar-refractivity contribution is 5.96. The molecule has 324 valence electrons. The molecule has 0 saturated heterocycles. The van der Waals surface area contributed by atoms with Crippen LogP contribution in [0.1, 0.15) is 113 Å². The summed E-state index contributed by atoms with van der Waals surface area (Å²) in [7, 11) is 0. The van der Waals surface area contributed by atoms with Crippen LogP contribution in [-0.2, 0) is 54.3 Å². The lowest BCUT2D eigenvalue weighted by molar-refractivity contribution is -0.153. The van der Waals surface area contributed by atoms with E-state index >= 15 is 0 Å². The third-order valence-electron chi connectivity index (χ3n) is 12.3. The fraction of sp³-hybridized carbons (Fsp3) is 0.415. The summed E-state index contributed by atoms with van der Waals surface area (Å²) in [5, 5.41) is 0.556. The van der Waals surface area contributed by atoms with E-state index in [1.165, 1.54) is 11.1 Å². The Kier molecular flexibility index (Phi) is 15.6. The van der Waals surface area contributed by atoms with Gasteiger partial charge in [-0.25, -0.2) is 0 Å². The topological polar surface area (TPSA) is 118 Å². The maximum atomic E-state index is 13.6. The van der Waals surface area contributed by atoms with Gasteiger partial charge in [0.05, 0.1) is 11.8 Å². The third kappa shape index (κ3) is 12.2. The van der Waals surface area contributed by atoms with Crippen LogP contribution < -0.4 is 9.47 Å². The first kappa shape index (κ1) is 44.2. The molecule has 0 spiro atoms. The first-order chi connectivity index (χ1) is 30.2. The van der Waals surface area contributed by atoms with E-state index in [4.69, 9.17) is 23.9 Å². The highest BCUT2D eigenvalue weighted by Gasteiger charge is 2.32. The van der Waals surface area contributed by atoms with Crippen molar-refractivity contribution < 1.29 is 38.1 Å². The van der Waals surface area contributed by atoms with Gasteiger partial charge >= 0.3 is 23.9 Å². The normalized spacial score (nSPS) is 18.7. The SMILES string of the molecule is CCCc1ccc(CCC(=O)OC2CCC(C(=O)Oc3ccc(OC(=O)C4CCC(OC(=O)CCc5ccc(CCC)cc5)CC4)c4ncc(-c5ccccc5)cc34)CC2)cc1. The van der Waals surface area contributed by atoms with E-state index in [1.54, 1.807) is 18.3 Å². The standard InChI is InChI=1S/C53H59NO8/c1-3-8-36-12-16-38(17-13-36)20-32-49(55)59-44-26-22-41(23-27-44)52(57)61-47-30-31-48(51-46(47)34-43(35-54-51)40-10-6-5-7-11-40)62-53(58)42-24-28-45(29-25-42)60-50(56)33-21-39-18-14-37(9-4-2)15-19-39/h5-7,10-19,30-31,34-35,41-42,44-45H,3-4,8-9,20-29,32-33H2,1-2H3. The predicted molar refractivity (Wildman–Crippen MR) is 240 cm³/mol. The van der Waals surface area contributed by atoms with Gasteiger partial charge in [-0.05, 0) is 123 Å². The maximum Gasteiger partial charge on any atom is 0.314 e. The zero-order chi connectivity index (χ0) is 43.3. The van der Waals surface area contributed by atoms with Crippen LogP contribution in [0.15, 0.2) is 103 Å². The highest BCUT2D eigenvalue weighted by atomic mass is 16.6. The number of pyridine rings is 1. The van der Waals surface area contributed by atoms with Gasteiger partial charge in [0.1, 0.15) is 23.5 Å². The minimum Gasteiger partial charge on any atom is -0.462 e. The number of aryl methyl sites for hydroxylation is 4. The molecule has 9 heteroatoms. The molecule has 0 atom stereocenters. The third-order valence-corrected chi connectivity index (χ3v) is 12.3. The predicted octanol–water partition coefficient (Wildman–Crippen LogP) is 11.1. The lowest BCUT2D eigenvalue weighted by atomic mass is 9.87.